The highest BCUT2D eigenvalue weighted by molar-refractivity contribution is 5.92. The fourth-order valence-corrected chi connectivity index (χ4v) is 2.57. The third-order valence-corrected chi connectivity index (χ3v) is 3.64. The minimum Gasteiger partial charge on any atom is -0.494 e. The number of nitrogens with one attached hydrogen (secondary N) is 1. The summed E-state index contributed by atoms with van der Waals surface area (Å²) in [5, 5.41) is 22.7. The van der Waals surface area contributed by atoms with E-state index >= 15 is 0 Å². The van der Waals surface area contributed by atoms with E-state index in [4.69, 9.17) is 0 Å². The predicted molar refractivity (Wildman–Crippen MR) is 83.3 cm³/mol. The molecular formula is C16H10N4O3. The Bertz CT molecular complexity index is 1110. The number of aromatic hydroxyl groups is 1. The van der Waals surface area contributed by atoms with E-state index in [0.29, 0.717) is 22.1 Å². The number of aromatic amines is 1. The number of hydrogen-bond donors (Lipinski definition) is 2. The molecule has 1 aliphatic heterocycles. The Balaban J connectivity index is 1.86. The maximum Gasteiger partial charge on any atom is 0.271 e. The number of H-pyrrole nitrogens is 1. The molecule has 0 bridgehead atoms. The lowest BCUT2D eigenvalue weighted by molar-refractivity contribution is -0.385. The second-order valence-corrected chi connectivity index (χ2v) is 5.09. The monoisotopic (exact) mass is 306 g/mol. The highest BCUT2D eigenvalue weighted by atomic mass is 16.6. The number of hydrogen-bond acceptors (Lipinski definition) is 5. The molecule has 1 aromatic heterocycles. The summed E-state index contributed by atoms with van der Waals surface area (Å²) < 4.78 is 0. The maximum atomic E-state index is 10.8. The Morgan fingerprint density at radius 3 is 2.74 bits per heavy atom. The smallest absolute Gasteiger partial charge is 0.271 e. The molecule has 23 heavy (non-hydrogen) atoms. The summed E-state index contributed by atoms with van der Waals surface area (Å²) in [7, 11) is 0. The molecule has 2 N–H and O–H groups in total. The fourth-order valence-electron chi connectivity index (χ4n) is 2.57. The van der Waals surface area contributed by atoms with E-state index in [1.807, 2.05) is 24.3 Å². The van der Waals surface area contributed by atoms with Crippen LogP contribution in [0.5, 0.6) is 5.88 Å². The lowest BCUT2D eigenvalue weighted by atomic mass is 10.1. The van der Waals surface area contributed by atoms with Crippen molar-refractivity contribution in [3.63, 3.8) is 0 Å². The van der Waals surface area contributed by atoms with Gasteiger partial charge in [-0.2, -0.15) is 0 Å². The fraction of sp³-hybridized carbons (Fsp3) is 0. The van der Waals surface area contributed by atoms with Crippen LogP contribution in [-0.4, -0.2) is 15.0 Å². The third kappa shape index (κ3) is 2.15. The number of benzene rings is 2. The van der Waals surface area contributed by atoms with Crippen molar-refractivity contribution in [1.29, 1.82) is 0 Å². The van der Waals surface area contributed by atoms with Crippen LogP contribution in [0, 0.1) is 10.1 Å². The number of nitro groups is 1. The van der Waals surface area contributed by atoms with Gasteiger partial charge in [-0.15, -0.1) is 0 Å². The Morgan fingerprint density at radius 1 is 1.13 bits per heavy atom. The van der Waals surface area contributed by atoms with Crippen molar-refractivity contribution in [2.45, 2.75) is 0 Å². The molecule has 7 heteroatoms. The van der Waals surface area contributed by atoms with Crippen LogP contribution in [0.4, 0.5) is 5.69 Å². The molecule has 0 aliphatic carbocycles. The van der Waals surface area contributed by atoms with Gasteiger partial charge in [0.05, 0.1) is 15.6 Å². The summed E-state index contributed by atoms with van der Waals surface area (Å²) in [6, 6.07) is 11.8. The van der Waals surface area contributed by atoms with Crippen molar-refractivity contribution in [3.8, 4) is 5.88 Å². The van der Waals surface area contributed by atoms with Crippen LogP contribution < -0.4 is 10.7 Å². The van der Waals surface area contributed by atoms with E-state index in [9.17, 15) is 15.2 Å². The third-order valence-electron chi connectivity index (χ3n) is 3.64. The number of para-hydroxylation sites is 1. The Hall–Kier alpha value is -3.48. The average Bonchev–Trinajstić information content (AvgIpc) is 3.07. The summed E-state index contributed by atoms with van der Waals surface area (Å²) in [5.74, 6) is 0.423. The maximum absolute atomic E-state index is 10.8. The first-order valence-corrected chi connectivity index (χ1v) is 6.85. The SMILES string of the molecule is O=[N+]([O-])c1ccc2c(c1)=NC(=Cc1c(O)[nH]c3ccccc13)N=2. The van der Waals surface area contributed by atoms with Gasteiger partial charge in [-0.3, -0.25) is 10.1 Å². The Morgan fingerprint density at radius 2 is 1.91 bits per heavy atom. The minimum absolute atomic E-state index is 0.0288. The van der Waals surface area contributed by atoms with Crippen molar-refractivity contribution >= 4 is 22.7 Å². The van der Waals surface area contributed by atoms with Gasteiger partial charge in [0.15, 0.2) is 11.7 Å². The first kappa shape index (κ1) is 13.2. The van der Waals surface area contributed by atoms with Gasteiger partial charge in [-0.1, -0.05) is 18.2 Å². The van der Waals surface area contributed by atoms with Crippen molar-refractivity contribution in [2.24, 2.45) is 9.98 Å². The van der Waals surface area contributed by atoms with Gasteiger partial charge in [-0.05, 0) is 18.2 Å². The van der Waals surface area contributed by atoms with Crippen LogP contribution in [0.2, 0.25) is 0 Å². The van der Waals surface area contributed by atoms with Gasteiger partial charge in [0.1, 0.15) is 0 Å². The summed E-state index contributed by atoms with van der Waals surface area (Å²) in [4.78, 5) is 21.8. The second kappa shape index (κ2) is 4.77. The molecule has 0 saturated carbocycles. The quantitative estimate of drug-likeness (QED) is 0.559. The predicted octanol–water partition coefficient (Wildman–Crippen LogP) is 2.03. The lowest BCUT2D eigenvalue weighted by Gasteiger charge is -1.93. The summed E-state index contributed by atoms with van der Waals surface area (Å²) >= 11 is 0. The Labute approximate surface area is 129 Å². The largest absolute Gasteiger partial charge is 0.494 e. The first-order valence-electron chi connectivity index (χ1n) is 6.85. The van der Waals surface area contributed by atoms with Gasteiger partial charge in [0.2, 0.25) is 0 Å². The number of aromatic nitrogens is 1. The highest BCUT2D eigenvalue weighted by Crippen LogP contribution is 2.29. The van der Waals surface area contributed by atoms with E-state index in [0.717, 1.165) is 10.9 Å². The number of fused-ring (bicyclic) bond motifs is 2. The molecule has 0 saturated heterocycles. The molecule has 0 atom stereocenters. The molecule has 3 aromatic rings. The molecule has 0 unspecified atom stereocenters. The van der Waals surface area contributed by atoms with E-state index in [2.05, 4.69) is 15.0 Å². The highest BCUT2D eigenvalue weighted by Gasteiger charge is 2.12. The van der Waals surface area contributed by atoms with E-state index in [1.54, 1.807) is 12.1 Å². The molecule has 0 radical (unpaired) electrons. The van der Waals surface area contributed by atoms with Crippen LogP contribution in [0.15, 0.2) is 58.3 Å². The summed E-state index contributed by atoms with van der Waals surface area (Å²) in [5.41, 5.74) is 1.37. The van der Waals surface area contributed by atoms with Gasteiger partial charge >= 0.3 is 0 Å². The molecule has 1 aliphatic rings. The van der Waals surface area contributed by atoms with Crippen molar-refractivity contribution < 1.29 is 10.0 Å². The topological polar surface area (TPSA) is 104 Å². The minimum atomic E-state index is -0.469. The number of rotatable bonds is 2. The van der Waals surface area contributed by atoms with Gasteiger partial charge in [-0.25, -0.2) is 9.98 Å². The zero-order valence-electron chi connectivity index (χ0n) is 11.7. The standard InChI is InChI=1S/C16H10N4O3/c21-16-11(10-3-1-2-4-12(10)19-16)8-15-17-13-6-5-9(20(22)23)7-14(13)18-15/h1-8,19,21H. The first-order chi connectivity index (χ1) is 11.1. The molecule has 0 fully saturated rings. The molecule has 2 heterocycles. The van der Waals surface area contributed by atoms with Crippen molar-refractivity contribution in [1.82, 2.24) is 4.98 Å². The molecular weight excluding hydrogens is 296 g/mol. The molecule has 7 nitrogen and oxygen atoms in total. The van der Waals surface area contributed by atoms with Crippen molar-refractivity contribution in [2.75, 3.05) is 0 Å². The molecule has 4 rings (SSSR count). The van der Waals surface area contributed by atoms with Crippen molar-refractivity contribution in [3.05, 3.63) is 74.7 Å². The van der Waals surface area contributed by atoms with Crippen LogP contribution in [0.1, 0.15) is 5.56 Å². The second-order valence-electron chi connectivity index (χ2n) is 5.09. The van der Waals surface area contributed by atoms with Gasteiger partial charge in [0.25, 0.3) is 5.69 Å². The number of nitro benzene ring substituents is 1. The molecule has 0 spiro atoms. The molecule has 0 amide bonds. The van der Waals surface area contributed by atoms with E-state index in [-0.39, 0.29) is 11.6 Å². The van der Waals surface area contributed by atoms with E-state index < -0.39 is 4.92 Å². The Kier molecular flexibility index (Phi) is 2.74. The summed E-state index contributed by atoms with van der Waals surface area (Å²) in [6.45, 7) is 0. The molecule has 2 aromatic carbocycles. The van der Waals surface area contributed by atoms with Crippen LogP contribution in [0.25, 0.3) is 17.0 Å². The molecule has 112 valence electrons. The normalized spacial score (nSPS) is 14.5. The number of non-ortho nitro benzene ring substituents is 1. The van der Waals surface area contributed by atoms with Crippen LogP contribution >= 0.6 is 0 Å². The lowest BCUT2D eigenvalue weighted by Crippen LogP contribution is -2.21. The van der Waals surface area contributed by atoms with Gasteiger partial charge in [0, 0.05) is 28.6 Å². The number of nitrogens with zero attached hydrogens (tertiary/aromatic N) is 3. The zero-order chi connectivity index (χ0) is 16.0. The van der Waals surface area contributed by atoms with E-state index in [1.165, 1.54) is 12.1 Å². The van der Waals surface area contributed by atoms with Gasteiger partial charge < -0.3 is 10.1 Å². The van der Waals surface area contributed by atoms with Crippen LogP contribution in [-0.2, 0) is 0 Å². The average molecular weight is 306 g/mol. The zero-order valence-corrected chi connectivity index (χ0v) is 11.7. The summed E-state index contributed by atoms with van der Waals surface area (Å²) in [6.07, 6.45) is 1.65. The van der Waals surface area contributed by atoms with Crippen LogP contribution in [0.3, 0.4) is 0 Å².